The average molecular weight is 728 g/mol. The normalized spacial score (nSPS) is 19.0. The molecule has 0 saturated carbocycles. The van der Waals surface area contributed by atoms with Gasteiger partial charge in [-0.15, -0.1) is 5.10 Å². The van der Waals surface area contributed by atoms with Crippen molar-refractivity contribution < 1.29 is 22.7 Å². The topological polar surface area (TPSA) is 122 Å². The van der Waals surface area contributed by atoms with Crippen molar-refractivity contribution in [3.8, 4) is 28.1 Å². The van der Waals surface area contributed by atoms with Crippen LogP contribution in [0.5, 0.6) is 0 Å². The summed E-state index contributed by atoms with van der Waals surface area (Å²) in [5.41, 5.74) is 0.326. The molecule has 0 aliphatic carbocycles. The second-order valence-electron chi connectivity index (χ2n) is 12.5. The molecule has 2 bridgehead atoms. The van der Waals surface area contributed by atoms with Crippen LogP contribution in [0.15, 0.2) is 66.0 Å². The molecule has 0 spiro atoms. The maximum Gasteiger partial charge on any atom is 0.418 e. The quantitative estimate of drug-likeness (QED) is 0.205. The van der Waals surface area contributed by atoms with Gasteiger partial charge in [0.15, 0.2) is 5.15 Å². The Kier molecular flexibility index (Phi) is 9.26. The van der Waals surface area contributed by atoms with E-state index in [0.29, 0.717) is 48.7 Å². The van der Waals surface area contributed by atoms with Crippen LogP contribution in [0, 0.1) is 5.92 Å². The third-order valence-electron chi connectivity index (χ3n) is 9.23. The second-order valence-corrected chi connectivity index (χ2v) is 13.3. The van der Waals surface area contributed by atoms with Crippen LogP contribution in [0.4, 0.5) is 18.9 Å². The zero-order chi connectivity index (χ0) is 35.2. The Morgan fingerprint density at radius 2 is 1.78 bits per heavy atom. The molecule has 1 fully saturated rings. The van der Waals surface area contributed by atoms with E-state index in [1.807, 2.05) is 4.68 Å². The number of hydrogen-bond donors (Lipinski definition) is 1. The summed E-state index contributed by atoms with van der Waals surface area (Å²) in [6, 6.07) is 7.93. The van der Waals surface area contributed by atoms with Gasteiger partial charge in [0, 0.05) is 59.3 Å². The number of hydrogen-bond acceptors (Lipinski definition) is 7. The summed E-state index contributed by atoms with van der Waals surface area (Å²) in [5, 5.41) is 15.5. The number of nitrogens with one attached hydrogen (secondary N) is 1. The number of carbonyl (C=O) groups is 1. The van der Waals surface area contributed by atoms with Gasteiger partial charge in [0.2, 0.25) is 5.91 Å². The fourth-order valence-corrected chi connectivity index (χ4v) is 6.98. The highest BCUT2D eigenvalue weighted by Gasteiger charge is 2.37. The predicted octanol–water partition coefficient (Wildman–Crippen LogP) is 7.38. The first kappa shape index (κ1) is 33.9. The molecule has 0 unspecified atom stereocenters. The maximum atomic E-state index is 15.0. The van der Waals surface area contributed by atoms with Gasteiger partial charge < -0.3 is 14.6 Å². The smallest absolute Gasteiger partial charge is 0.381 e. The van der Waals surface area contributed by atoms with Crippen molar-refractivity contribution >= 4 is 34.8 Å². The Morgan fingerprint density at radius 3 is 2.52 bits per heavy atom. The van der Waals surface area contributed by atoms with Crippen molar-refractivity contribution in [1.82, 2.24) is 34.3 Å². The Hall–Kier alpha value is -4.53. The largest absolute Gasteiger partial charge is 0.418 e. The van der Waals surface area contributed by atoms with Gasteiger partial charge in [-0.1, -0.05) is 41.8 Å². The average Bonchev–Trinajstić information content (AvgIpc) is 3.72. The third-order valence-corrected chi connectivity index (χ3v) is 9.64. The summed E-state index contributed by atoms with van der Waals surface area (Å²) < 4.78 is 54.7. The SMILES string of the molecule is C[C@@H]1CCC[C@H](n2cc(C(F)(F)F)c(-c3cc(Cl)ccc3-n3cc(Cl)nn3)cc2=O)c2cc(ccn2)-c2c(cnn2C2CCOCC2)NC1=O. The standard InChI is InChI=1S/C34H31Cl2F3N8O3/c1-19-3-2-4-29(26-13-20(7-10-40-26)32-27(42-33(19)49)16-41-47(32)22-8-11-50-12-9-22)45-17-25(34(37,38)39)23(15-31(45)48)24-14-21(35)5-6-28(24)46-18-30(36)43-44-46/h5-7,10,13-19,22,29H,2-4,8-9,11-12H2,1H3,(H,42,49)/t19-,29+/m1/s1. The molecule has 6 heterocycles. The van der Waals surface area contributed by atoms with E-state index in [1.165, 1.54) is 29.1 Å². The van der Waals surface area contributed by atoms with E-state index in [0.717, 1.165) is 29.7 Å². The molecule has 2 aliphatic rings. The van der Waals surface area contributed by atoms with Gasteiger partial charge in [0.1, 0.15) is 0 Å². The summed E-state index contributed by atoms with van der Waals surface area (Å²) in [4.78, 5) is 31.9. The minimum absolute atomic E-state index is 0.0107. The van der Waals surface area contributed by atoms with Crippen LogP contribution < -0.4 is 10.9 Å². The molecular formula is C34H31Cl2F3N8O3. The molecule has 0 radical (unpaired) electrons. The fourth-order valence-electron chi connectivity index (χ4n) is 6.69. The summed E-state index contributed by atoms with van der Waals surface area (Å²) in [7, 11) is 0. The molecular weight excluding hydrogens is 696 g/mol. The molecule has 1 N–H and O–H groups in total. The van der Waals surface area contributed by atoms with Gasteiger partial charge in [-0.05, 0) is 56.0 Å². The summed E-state index contributed by atoms with van der Waals surface area (Å²) >= 11 is 12.2. The second kappa shape index (κ2) is 13.6. The van der Waals surface area contributed by atoms with E-state index in [2.05, 4.69) is 25.7 Å². The molecule has 4 aromatic heterocycles. The van der Waals surface area contributed by atoms with Crippen molar-refractivity contribution in [1.29, 1.82) is 0 Å². The Bertz CT molecular complexity index is 2120. The number of fused-ring (bicyclic) bond motifs is 4. The lowest BCUT2D eigenvalue weighted by Crippen LogP contribution is -2.29. The molecule has 260 valence electrons. The van der Waals surface area contributed by atoms with Crippen LogP contribution in [0.2, 0.25) is 10.2 Å². The lowest BCUT2D eigenvalue weighted by Gasteiger charge is -2.26. The van der Waals surface area contributed by atoms with Crippen LogP contribution in [0.1, 0.15) is 62.4 Å². The number of amides is 1. The lowest BCUT2D eigenvalue weighted by molar-refractivity contribution is -0.137. The highest BCUT2D eigenvalue weighted by molar-refractivity contribution is 6.31. The van der Waals surface area contributed by atoms with Gasteiger partial charge in [-0.3, -0.25) is 19.3 Å². The number of carbonyl (C=O) groups excluding carboxylic acids is 1. The van der Waals surface area contributed by atoms with Crippen molar-refractivity contribution in [2.24, 2.45) is 5.92 Å². The molecule has 5 aromatic rings. The van der Waals surface area contributed by atoms with Crippen molar-refractivity contribution in [2.45, 2.75) is 57.3 Å². The number of rotatable bonds is 4. The maximum absolute atomic E-state index is 15.0. The highest BCUT2D eigenvalue weighted by atomic mass is 35.5. The third kappa shape index (κ3) is 6.66. The summed E-state index contributed by atoms with van der Waals surface area (Å²) in [5.74, 6) is -0.618. The number of anilines is 1. The van der Waals surface area contributed by atoms with E-state index in [4.69, 9.17) is 27.9 Å². The Morgan fingerprint density at radius 1 is 0.980 bits per heavy atom. The van der Waals surface area contributed by atoms with Crippen LogP contribution in [0.3, 0.4) is 0 Å². The van der Waals surface area contributed by atoms with E-state index in [9.17, 15) is 22.8 Å². The van der Waals surface area contributed by atoms with Crippen LogP contribution in [0.25, 0.3) is 28.1 Å². The zero-order valence-electron chi connectivity index (χ0n) is 26.7. The van der Waals surface area contributed by atoms with Crippen molar-refractivity contribution in [2.75, 3.05) is 18.5 Å². The van der Waals surface area contributed by atoms with Crippen LogP contribution in [-0.4, -0.2) is 53.4 Å². The van der Waals surface area contributed by atoms with E-state index < -0.39 is 29.3 Å². The molecule has 2 aliphatic heterocycles. The highest BCUT2D eigenvalue weighted by Crippen LogP contribution is 2.41. The summed E-state index contributed by atoms with van der Waals surface area (Å²) in [6.07, 6.45) is 3.04. The molecule has 11 nitrogen and oxygen atoms in total. The number of nitrogens with zero attached hydrogens (tertiary/aromatic N) is 7. The molecule has 50 heavy (non-hydrogen) atoms. The number of halogens is 5. The molecule has 1 amide bonds. The molecule has 1 saturated heterocycles. The van der Waals surface area contributed by atoms with Crippen molar-refractivity contribution in [3.63, 3.8) is 0 Å². The Labute approximate surface area is 294 Å². The van der Waals surface area contributed by atoms with Crippen molar-refractivity contribution in [3.05, 3.63) is 93.0 Å². The molecule has 1 aromatic carbocycles. The first-order chi connectivity index (χ1) is 24.0. The first-order valence-electron chi connectivity index (χ1n) is 16.1. The van der Waals surface area contributed by atoms with Gasteiger partial charge >= 0.3 is 6.18 Å². The predicted molar refractivity (Wildman–Crippen MR) is 180 cm³/mol. The van der Waals surface area contributed by atoms with Crippen LogP contribution >= 0.6 is 23.2 Å². The summed E-state index contributed by atoms with van der Waals surface area (Å²) in [6.45, 7) is 2.93. The van der Waals surface area contributed by atoms with Gasteiger partial charge in [0.05, 0.1) is 52.8 Å². The van der Waals surface area contributed by atoms with E-state index in [-0.39, 0.29) is 45.4 Å². The van der Waals surface area contributed by atoms with Gasteiger partial charge in [-0.25, -0.2) is 4.68 Å². The fraction of sp³-hybridized carbons (Fsp3) is 0.353. The number of ether oxygens (including phenoxy) is 1. The number of pyridine rings is 2. The number of benzene rings is 1. The molecule has 2 atom stereocenters. The van der Waals surface area contributed by atoms with Crippen LogP contribution in [-0.2, 0) is 15.7 Å². The molecule has 7 rings (SSSR count). The van der Waals surface area contributed by atoms with Gasteiger partial charge in [-0.2, -0.15) is 18.3 Å². The molecule has 16 heteroatoms. The minimum Gasteiger partial charge on any atom is -0.381 e. The minimum atomic E-state index is -4.87. The lowest BCUT2D eigenvalue weighted by atomic mass is 9.95. The van der Waals surface area contributed by atoms with E-state index >= 15 is 0 Å². The number of aromatic nitrogens is 7. The van der Waals surface area contributed by atoms with Gasteiger partial charge in [0.25, 0.3) is 5.56 Å². The zero-order valence-corrected chi connectivity index (χ0v) is 28.2. The first-order valence-corrected chi connectivity index (χ1v) is 16.9. The van der Waals surface area contributed by atoms with E-state index in [1.54, 1.807) is 31.5 Å². The Balaban J connectivity index is 1.39. The monoisotopic (exact) mass is 726 g/mol. The number of alkyl halides is 3.